The Balaban J connectivity index is -0.0000000800. The second kappa shape index (κ2) is 6.81. The number of rotatable bonds is 0. The van der Waals surface area contributed by atoms with E-state index in [0.29, 0.717) is 0 Å². The summed E-state index contributed by atoms with van der Waals surface area (Å²) in [6.07, 6.45) is 0. The van der Waals surface area contributed by atoms with Crippen LogP contribution in [0, 0.1) is 0 Å². The van der Waals surface area contributed by atoms with Crippen LogP contribution in [0.25, 0.3) is 0 Å². The van der Waals surface area contributed by atoms with E-state index in [1.54, 1.807) is 0 Å². The van der Waals surface area contributed by atoms with Gasteiger partial charge in [-0.3, -0.25) is 0 Å². The molecular weight excluding hydrogens is 255 g/mol. The van der Waals surface area contributed by atoms with Gasteiger partial charge in [-0.1, -0.05) is 0 Å². The van der Waals surface area contributed by atoms with Crippen LogP contribution in [0.15, 0.2) is 0 Å². The molecule has 0 bridgehead atoms. The molecule has 0 atom stereocenters. The standard InChI is InChI=1S/Al.Cs.H3O4P.4H/c;;1-5(2,3)4;;;;/h;;(H3,1,2,3,4);;;;. The predicted molar refractivity (Wildman–Crippen MR) is 31.4 cm³/mol. The summed E-state index contributed by atoms with van der Waals surface area (Å²) in [6.45, 7) is 0. The average Bonchev–Trinajstić information content (AvgIpc) is 0.722. The van der Waals surface area contributed by atoms with Gasteiger partial charge in [0.05, 0.1) is 0 Å². The van der Waals surface area contributed by atoms with Crippen LogP contribution in [0.1, 0.15) is 0 Å². The fourth-order valence-corrected chi connectivity index (χ4v) is 0. The zero-order chi connectivity index (χ0) is 4.50. The van der Waals surface area contributed by atoms with Crippen LogP contribution in [-0.2, 0) is 4.57 Å². The van der Waals surface area contributed by atoms with E-state index < -0.39 is 7.82 Å². The first-order chi connectivity index (χ1) is 2.00. The minimum atomic E-state index is -4.64. The number of phosphoric acid groups is 1. The Labute approximate surface area is 110 Å². The van der Waals surface area contributed by atoms with Crippen molar-refractivity contribution in [3.63, 3.8) is 0 Å². The summed E-state index contributed by atoms with van der Waals surface area (Å²) >= 11 is 0. The normalized spacial score (nSPS) is 8.43. The Hall–Kier alpha value is 2.69. The monoisotopic (exact) mass is 262 g/mol. The van der Waals surface area contributed by atoms with Crippen LogP contribution < -0.4 is 0 Å². The molecule has 0 aliphatic rings. The van der Waals surface area contributed by atoms with Gasteiger partial charge in [0.25, 0.3) is 0 Å². The molecular formula is H7AlCsO4P. The zero-order valence-corrected chi connectivity index (χ0v) is 3.09. The predicted octanol–water partition coefficient (Wildman–Crippen LogP) is -2.76. The topological polar surface area (TPSA) is 77.8 Å². The Bertz CT molecular complexity index is 57.8. The molecule has 0 saturated heterocycles. The molecule has 0 aromatic heterocycles. The van der Waals surface area contributed by atoms with Crippen molar-refractivity contribution in [3.8, 4) is 0 Å². The Morgan fingerprint density at radius 2 is 1.14 bits per heavy atom. The van der Waals surface area contributed by atoms with Gasteiger partial charge in [0.15, 0.2) is 17.4 Å². The van der Waals surface area contributed by atoms with Crippen molar-refractivity contribution in [2.75, 3.05) is 0 Å². The fraction of sp³-hybridized carbons (Fsp3) is 0. The van der Waals surface area contributed by atoms with Crippen molar-refractivity contribution in [1.29, 1.82) is 0 Å². The van der Waals surface area contributed by atoms with Crippen molar-refractivity contribution in [3.05, 3.63) is 0 Å². The molecule has 0 heterocycles. The van der Waals surface area contributed by atoms with E-state index in [2.05, 4.69) is 0 Å². The van der Waals surface area contributed by atoms with Gasteiger partial charge < -0.3 is 14.7 Å². The third-order valence-electron chi connectivity index (χ3n) is 0. The van der Waals surface area contributed by atoms with E-state index in [0.717, 1.165) is 0 Å². The van der Waals surface area contributed by atoms with Gasteiger partial charge in [-0.2, -0.15) is 0 Å². The molecule has 0 aliphatic carbocycles. The summed E-state index contributed by atoms with van der Waals surface area (Å²) in [7, 11) is -4.64. The van der Waals surface area contributed by atoms with E-state index in [4.69, 9.17) is 19.2 Å². The van der Waals surface area contributed by atoms with Gasteiger partial charge in [0, 0.05) is 0 Å². The summed E-state index contributed by atoms with van der Waals surface area (Å²) in [4.78, 5) is 21.6. The van der Waals surface area contributed by atoms with Crippen molar-refractivity contribution < 1.29 is 19.2 Å². The van der Waals surface area contributed by atoms with E-state index in [9.17, 15) is 0 Å². The second-order valence-electron chi connectivity index (χ2n) is 0.513. The quantitative estimate of drug-likeness (QED) is 0.326. The van der Waals surface area contributed by atoms with Gasteiger partial charge in [-0.15, -0.1) is 0 Å². The van der Waals surface area contributed by atoms with Crippen LogP contribution in [0.2, 0.25) is 0 Å². The zero-order valence-electron chi connectivity index (χ0n) is 2.20. The third-order valence-corrected chi connectivity index (χ3v) is 0. The molecule has 40 valence electrons. The summed E-state index contributed by atoms with van der Waals surface area (Å²) < 4.78 is 8.88. The second-order valence-corrected chi connectivity index (χ2v) is 1.54. The Morgan fingerprint density at radius 3 is 1.14 bits per heavy atom. The molecule has 0 unspecified atom stereocenters. The molecule has 0 aromatic rings. The molecule has 0 radical (unpaired) electrons. The van der Waals surface area contributed by atoms with Crippen molar-refractivity contribution >= 4 is 94.1 Å². The molecule has 0 spiro atoms. The summed E-state index contributed by atoms with van der Waals surface area (Å²) in [5.41, 5.74) is 0. The van der Waals surface area contributed by atoms with E-state index in [1.807, 2.05) is 0 Å². The number of hydrogen-bond donors (Lipinski definition) is 3. The summed E-state index contributed by atoms with van der Waals surface area (Å²) in [6, 6.07) is 0. The first-order valence-corrected chi connectivity index (χ1v) is 2.35. The average molecular weight is 262 g/mol. The molecule has 0 saturated carbocycles. The van der Waals surface area contributed by atoms with Crippen molar-refractivity contribution in [2.45, 2.75) is 0 Å². The van der Waals surface area contributed by atoms with Gasteiger partial charge >= 0.3 is 76.7 Å². The maximum absolute atomic E-state index is 8.88. The first-order valence-electron chi connectivity index (χ1n) is 0.783. The van der Waals surface area contributed by atoms with Crippen LogP contribution in [-0.4, -0.2) is 101 Å². The van der Waals surface area contributed by atoms with E-state index in [-0.39, 0.29) is 86.3 Å². The van der Waals surface area contributed by atoms with Gasteiger partial charge in [0.1, 0.15) is 0 Å². The SMILES string of the molecule is O=P(O)(O)O.[AlH3].[CsH]. The minimum absolute atomic E-state index is 0. The molecule has 0 aromatic carbocycles. The first kappa shape index (κ1) is 16.4. The summed E-state index contributed by atoms with van der Waals surface area (Å²) in [5, 5.41) is 0. The maximum atomic E-state index is 8.88. The van der Waals surface area contributed by atoms with Crippen LogP contribution in [0.5, 0.6) is 0 Å². The molecule has 4 nitrogen and oxygen atoms in total. The molecule has 0 rings (SSSR count). The molecule has 7 heavy (non-hydrogen) atoms. The van der Waals surface area contributed by atoms with E-state index >= 15 is 0 Å². The molecule has 0 aliphatic heterocycles. The number of hydrogen-bond acceptors (Lipinski definition) is 1. The molecule has 3 N–H and O–H groups in total. The van der Waals surface area contributed by atoms with Crippen LogP contribution >= 0.6 is 7.82 Å². The fourth-order valence-electron chi connectivity index (χ4n) is 0. The molecule has 0 fully saturated rings. The van der Waals surface area contributed by atoms with Gasteiger partial charge in [-0.25, -0.2) is 4.57 Å². The van der Waals surface area contributed by atoms with Gasteiger partial charge in [-0.05, 0) is 0 Å². The molecule has 7 heteroatoms. The third kappa shape index (κ3) is 53.7. The van der Waals surface area contributed by atoms with Crippen molar-refractivity contribution in [1.82, 2.24) is 0 Å². The summed E-state index contributed by atoms with van der Waals surface area (Å²) in [5.74, 6) is 0. The van der Waals surface area contributed by atoms with Crippen molar-refractivity contribution in [2.24, 2.45) is 0 Å². The Kier molecular flexibility index (Phi) is 15.9. The van der Waals surface area contributed by atoms with Crippen LogP contribution in [0.4, 0.5) is 0 Å². The van der Waals surface area contributed by atoms with E-state index in [1.165, 1.54) is 0 Å². The Morgan fingerprint density at radius 1 is 1.14 bits per heavy atom. The van der Waals surface area contributed by atoms with Gasteiger partial charge in [0.2, 0.25) is 0 Å². The van der Waals surface area contributed by atoms with Crippen LogP contribution in [0.3, 0.4) is 0 Å². The molecule has 0 amide bonds.